The van der Waals surface area contributed by atoms with Gasteiger partial charge in [0, 0.05) is 161 Å². The third kappa shape index (κ3) is 40.7. The first kappa shape index (κ1) is 116. The second-order valence-corrected chi connectivity index (χ2v) is 39.0. The van der Waals surface area contributed by atoms with Gasteiger partial charge < -0.3 is 173 Å². The van der Waals surface area contributed by atoms with Crippen LogP contribution in [0.1, 0.15) is 201 Å². The highest BCUT2D eigenvalue weighted by molar-refractivity contribution is 7.46. The number of phosphoric ester groups is 3. The maximum absolute atomic E-state index is 14.1. The topological polar surface area (TPSA) is 678 Å². The molecule has 47 nitrogen and oxygen atoms in total. The van der Waals surface area contributed by atoms with Crippen molar-refractivity contribution in [1.82, 2.24) is 46.6 Å². The molecule has 0 aromatic carbocycles. The van der Waals surface area contributed by atoms with Crippen LogP contribution in [0, 0.1) is 16.2 Å². The Balaban J connectivity index is 0.978. The number of phosphoric acid groups is 3. The van der Waals surface area contributed by atoms with Crippen LogP contribution in [0.15, 0.2) is 0 Å². The number of nitrogens with zero attached hydrogens (tertiary/aromatic N) is 3. The summed E-state index contributed by atoms with van der Waals surface area (Å²) in [5.41, 5.74) is -3.99. The quantitative estimate of drug-likeness (QED) is 0.0210. The highest BCUT2D eigenvalue weighted by Gasteiger charge is 2.50. The number of carbonyl (C=O) groups excluding carboxylic acids is 9. The predicted molar refractivity (Wildman–Crippen MR) is 457 cm³/mol. The number of nitrogens with one attached hydrogen (secondary N) is 6. The van der Waals surface area contributed by atoms with E-state index in [0.29, 0.717) is 116 Å². The predicted octanol–water partition coefficient (Wildman–Crippen LogP) is -3.23. The van der Waals surface area contributed by atoms with Gasteiger partial charge in [0.15, 0.2) is 18.9 Å². The summed E-state index contributed by atoms with van der Waals surface area (Å²) in [5.74, 6) is -2.87. The van der Waals surface area contributed by atoms with E-state index in [1.165, 1.54) is 25.7 Å². The van der Waals surface area contributed by atoms with Crippen LogP contribution < -0.4 is 46.6 Å². The van der Waals surface area contributed by atoms with Gasteiger partial charge in [0.2, 0.25) is 53.2 Å². The molecular weight excluding hydrogens is 1810 g/mol. The van der Waals surface area contributed by atoms with Gasteiger partial charge in [-0.1, -0.05) is 19.3 Å². The van der Waals surface area contributed by atoms with Gasteiger partial charge >= 0.3 is 0 Å². The summed E-state index contributed by atoms with van der Waals surface area (Å²) in [6, 6.07) is -3.31. The minimum atomic E-state index is -5.46. The van der Waals surface area contributed by atoms with Crippen molar-refractivity contribution in [3.05, 3.63) is 0 Å². The Bertz CT molecular complexity index is 3630. The average molecular weight is 1960 g/mol. The average Bonchev–Trinajstić information content (AvgIpc) is 0.809. The van der Waals surface area contributed by atoms with Gasteiger partial charge in [-0.2, -0.15) is 0 Å². The smallest absolute Gasteiger partial charge is 0.267 e. The van der Waals surface area contributed by atoms with Gasteiger partial charge in [-0.25, -0.2) is 0 Å². The first-order chi connectivity index (χ1) is 62.8. The molecule has 0 aromatic rings. The molecule has 16 N–H and O–H groups in total. The SMILES string of the molecule is CCOCCOP(=O)([O-])OCC1(COP(=O)([O-])OCC2(COP(=O)([O-])OCC3(CO)CCN(C(=O)CCCCCNC(=O)CCCCO[C@@H]4O[C@H](CO)[C@H](O)[C@H](O)[C@H]4NC(C)=O)CC3)CCN(C(=O)CCCCCNC(=O)CCCCO[C@@H]3O[C@H](CO)[C@H](O)[C@H](O)[C@H]3NC(C)=O)CC2)CCN(C(=O)CCCCCNC(=O)CCCCO[C@@H]2O[C@H](CO)[C@H](O)[C@H](O)[C@H]2NC(C)=O)CC1. The van der Waals surface area contributed by atoms with Crippen molar-refractivity contribution in [1.29, 1.82) is 0 Å². The number of hydrogen-bond donors (Lipinski definition) is 16. The van der Waals surface area contributed by atoms with Crippen LogP contribution in [0.4, 0.5) is 0 Å². The summed E-state index contributed by atoms with van der Waals surface area (Å²) in [6.45, 7) is 0.908. The van der Waals surface area contributed by atoms with Gasteiger partial charge in [-0.05, 0) is 122 Å². The second kappa shape index (κ2) is 59.3. The van der Waals surface area contributed by atoms with E-state index in [9.17, 15) is 123 Å². The number of hydrogen-bond acceptors (Lipinski definition) is 38. The molecule has 6 aliphatic rings. The Kier molecular flexibility index (Phi) is 52.0. The van der Waals surface area contributed by atoms with Crippen LogP contribution >= 0.6 is 23.5 Å². The minimum absolute atomic E-state index is 0.0178. The lowest BCUT2D eigenvalue weighted by atomic mass is 9.80. The van der Waals surface area contributed by atoms with Crippen LogP contribution in [0.25, 0.3) is 0 Å². The summed E-state index contributed by atoms with van der Waals surface area (Å²) in [5, 5.41) is 118. The van der Waals surface area contributed by atoms with E-state index >= 15 is 0 Å². The van der Waals surface area contributed by atoms with Gasteiger partial charge in [0.05, 0.1) is 72.7 Å². The first-order valence-electron chi connectivity index (χ1n) is 45.9. The van der Waals surface area contributed by atoms with Crippen molar-refractivity contribution in [3.8, 4) is 0 Å². The van der Waals surface area contributed by atoms with Crippen LogP contribution in [0.2, 0.25) is 0 Å². The molecule has 6 saturated heterocycles. The zero-order chi connectivity index (χ0) is 97.1. The molecule has 6 aliphatic heterocycles. The molecule has 18 atom stereocenters. The molecular formula is C82H145N9O38P3-3. The Labute approximate surface area is 770 Å². The number of likely N-dealkylation sites (tertiary alicyclic amines) is 3. The Hall–Kier alpha value is -5.12. The number of amides is 9. The third-order valence-corrected chi connectivity index (χ3v) is 27.1. The lowest BCUT2D eigenvalue weighted by molar-refractivity contribution is -0.270. The van der Waals surface area contributed by atoms with E-state index in [0.717, 1.165) is 0 Å². The van der Waals surface area contributed by atoms with Crippen molar-refractivity contribution in [2.24, 2.45) is 16.2 Å². The largest absolute Gasteiger partial charge is 0.756 e. The van der Waals surface area contributed by atoms with Crippen molar-refractivity contribution in [2.75, 3.05) is 158 Å². The van der Waals surface area contributed by atoms with E-state index in [2.05, 4.69) is 31.9 Å². The van der Waals surface area contributed by atoms with Crippen molar-refractivity contribution in [2.45, 2.75) is 293 Å². The maximum atomic E-state index is 14.1. The Morgan fingerprint density at radius 1 is 0.356 bits per heavy atom. The summed E-state index contributed by atoms with van der Waals surface area (Å²) in [6.07, 6.45) is -7.75. The second-order valence-electron chi connectivity index (χ2n) is 34.8. The summed E-state index contributed by atoms with van der Waals surface area (Å²) in [7, 11) is -15.8. The molecule has 0 bridgehead atoms. The fraction of sp³-hybridized carbons (Fsp3) is 0.890. The third-order valence-electron chi connectivity index (χ3n) is 24.4. The van der Waals surface area contributed by atoms with Gasteiger partial charge in [0.1, 0.15) is 73.1 Å². The molecule has 0 aliphatic carbocycles. The number of rotatable bonds is 63. The lowest BCUT2D eigenvalue weighted by Crippen LogP contribution is -2.64. The van der Waals surface area contributed by atoms with Crippen LogP contribution in [-0.2, 0) is 117 Å². The zero-order valence-corrected chi connectivity index (χ0v) is 79.0. The van der Waals surface area contributed by atoms with E-state index in [1.54, 1.807) is 16.7 Å². The molecule has 0 saturated carbocycles. The van der Waals surface area contributed by atoms with Crippen LogP contribution in [0.5, 0.6) is 0 Å². The molecule has 6 fully saturated rings. The standard InChI is InChI=1S/C82H148N9O38P3/c1-5-117-45-46-121-130(111,112)123-52-81(29-38-90(39-30-81)66(103)25-10-7-16-34-84-63(100)22-13-19-43-119-78-69(87-57(3)97)75(109)72(106)60(48-93)128-78)53-125-132(115,116)126-55-82(31-40-91(41-32-82)67(104)26-11-8-17-35-85-64(101)23-14-20-44-120-79-70(88-58(4)98)76(110)73(107)61(49-94)129-79)54-124-131(113,114)122-51-80(50-95)27-36-89(37-28-80)65(102)24-9-6-15-33-83-62(99)21-12-18-42-118-77-68(86-56(2)96)74(108)71(105)59(47-92)127-77/h59-61,68-79,92-95,105-110H,5-55H2,1-4H3,(H,83,99)(H,84,100)(H,85,101)(H,86,96)(H,87,97)(H,88,98)(H,111,112)(H,113,114)(H,115,116)/p-3/t59-,60-,61-,68-,69-,70-,71+,72+,73+,74-,75-,76-,77-,78-,79-/m1/s1. The van der Waals surface area contributed by atoms with E-state index < -0.39 is 215 Å². The molecule has 764 valence electrons. The molecule has 0 aromatic heterocycles. The lowest BCUT2D eigenvalue weighted by Gasteiger charge is -2.45. The number of aliphatic hydroxyl groups excluding tert-OH is 10. The summed E-state index contributed by atoms with van der Waals surface area (Å²) in [4.78, 5) is 160. The Morgan fingerprint density at radius 2 is 0.621 bits per heavy atom. The van der Waals surface area contributed by atoms with Crippen molar-refractivity contribution < 1.29 is 183 Å². The fourth-order valence-corrected chi connectivity index (χ4v) is 18.7. The summed E-state index contributed by atoms with van der Waals surface area (Å²) >= 11 is 0. The maximum Gasteiger partial charge on any atom is 0.267 e. The molecule has 0 spiro atoms. The van der Waals surface area contributed by atoms with Gasteiger partial charge in [-0.3, -0.25) is 56.8 Å². The highest BCUT2D eigenvalue weighted by Crippen LogP contribution is 2.51. The van der Waals surface area contributed by atoms with Crippen molar-refractivity contribution in [3.63, 3.8) is 0 Å². The monoisotopic (exact) mass is 1960 g/mol. The first-order valence-corrected chi connectivity index (χ1v) is 50.3. The number of aliphatic hydroxyl groups is 10. The molecule has 6 rings (SSSR count). The summed E-state index contributed by atoms with van der Waals surface area (Å²) < 4.78 is 113. The Morgan fingerprint density at radius 3 is 0.886 bits per heavy atom. The van der Waals surface area contributed by atoms with Crippen molar-refractivity contribution >= 4 is 76.6 Å². The minimum Gasteiger partial charge on any atom is -0.756 e. The number of unbranched alkanes of at least 4 members (excludes halogenated alkanes) is 9. The number of ether oxygens (including phenoxy) is 7. The molecule has 3 unspecified atom stereocenters. The van der Waals surface area contributed by atoms with Crippen LogP contribution in [-0.4, -0.2) is 369 Å². The molecule has 132 heavy (non-hydrogen) atoms. The van der Waals surface area contributed by atoms with E-state index in [1.807, 2.05) is 0 Å². The van der Waals surface area contributed by atoms with Gasteiger partial charge in [0.25, 0.3) is 23.5 Å². The number of carbonyl (C=O) groups is 9. The molecule has 50 heteroatoms. The van der Waals surface area contributed by atoms with E-state index in [4.69, 9.17) is 60.3 Å². The fourth-order valence-electron chi connectivity index (χ4n) is 16.0. The highest BCUT2D eigenvalue weighted by atomic mass is 31.2. The van der Waals surface area contributed by atoms with Gasteiger partial charge in [-0.15, -0.1) is 0 Å². The molecule has 0 radical (unpaired) electrons. The molecule has 9 amide bonds. The number of piperidine rings is 3. The normalized spacial score (nSPS) is 26.8. The zero-order valence-electron chi connectivity index (χ0n) is 76.3. The molecule has 6 heterocycles. The van der Waals surface area contributed by atoms with Crippen LogP contribution in [0.3, 0.4) is 0 Å². The van der Waals surface area contributed by atoms with E-state index in [-0.39, 0.29) is 185 Å².